The second-order valence-electron chi connectivity index (χ2n) is 4.39. The van der Waals surface area contributed by atoms with Crippen LogP contribution in [-0.4, -0.2) is 28.4 Å². The first-order valence-electron chi connectivity index (χ1n) is 6.15. The molecule has 1 aromatic heterocycles. The van der Waals surface area contributed by atoms with Crippen molar-refractivity contribution in [2.75, 3.05) is 6.54 Å². The molecule has 1 N–H and O–H groups in total. The number of rotatable bonds is 4. The molecule has 0 saturated carbocycles. The molecule has 0 saturated heterocycles. The van der Waals surface area contributed by atoms with Gasteiger partial charge in [0.1, 0.15) is 6.54 Å². The van der Waals surface area contributed by atoms with Gasteiger partial charge in [0.05, 0.1) is 18.3 Å². The Hall–Kier alpha value is -2.38. The van der Waals surface area contributed by atoms with Gasteiger partial charge in [-0.05, 0) is 12.1 Å². The maximum absolute atomic E-state index is 12.0. The highest BCUT2D eigenvalue weighted by molar-refractivity contribution is 5.79. The lowest BCUT2D eigenvalue weighted by Crippen LogP contribution is -2.34. The normalized spacial score (nSPS) is 11.6. The third-order valence-corrected chi connectivity index (χ3v) is 2.80. The number of alkyl halides is 3. The fraction of sp³-hybridized carbons (Fsp3) is 0.308. The molecule has 2 rings (SSSR count). The van der Waals surface area contributed by atoms with Gasteiger partial charge in [-0.3, -0.25) is 14.3 Å². The van der Waals surface area contributed by atoms with E-state index >= 15 is 0 Å². The predicted molar refractivity (Wildman–Crippen MR) is 69.7 cm³/mol. The van der Waals surface area contributed by atoms with E-state index in [1.807, 2.05) is 0 Å². The maximum atomic E-state index is 12.0. The maximum Gasteiger partial charge on any atom is 0.405 e. The highest BCUT2D eigenvalue weighted by Gasteiger charge is 2.27. The number of hydrogen-bond acceptors (Lipinski definition) is 3. The largest absolute Gasteiger partial charge is 0.405 e. The van der Waals surface area contributed by atoms with Crippen LogP contribution in [0.3, 0.4) is 0 Å². The lowest BCUT2D eigenvalue weighted by atomic mass is 10.2. The van der Waals surface area contributed by atoms with E-state index < -0.39 is 18.6 Å². The van der Waals surface area contributed by atoms with Crippen LogP contribution in [0.4, 0.5) is 13.2 Å². The first-order chi connectivity index (χ1) is 9.87. The summed E-state index contributed by atoms with van der Waals surface area (Å²) in [6.45, 7) is -1.27. The molecule has 112 valence electrons. The zero-order valence-electron chi connectivity index (χ0n) is 10.9. The third-order valence-electron chi connectivity index (χ3n) is 2.80. The minimum absolute atomic E-state index is 0.0878. The Labute approximate surface area is 117 Å². The van der Waals surface area contributed by atoms with E-state index in [0.29, 0.717) is 10.9 Å². The number of halogens is 3. The molecule has 5 nitrogen and oxygen atoms in total. The van der Waals surface area contributed by atoms with Crippen LogP contribution >= 0.6 is 0 Å². The number of aromatic nitrogens is 2. The first-order valence-corrected chi connectivity index (χ1v) is 6.15. The second kappa shape index (κ2) is 5.94. The number of benzene rings is 1. The Morgan fingerprint density at radius 3 is 2.71 bits per heavy atom. The van der Waals surface area contributed by atoms with Gasteiger partial charge < -0.3 is 5.32 Å². The number of nitrogens with one attached hydrogen (secondary N) is 1. The number of hydrogen-bond donors (Lipinski definition) is 1. The summed E-state index contributed by atoms with van der Waals surface area (Å²) in [6.07, 6.45) is -3.47. The number of para-hydroxylation sites is 1. The van der Waals surface area contributed by atoms with E-state index in [9.17, 15) is 22.8 Å². The summed E-state index contributed by atoms with van der Waals surface area (Å²) >= 11 is 0. The van der Waals surface area contributed by atoms with Crippen LogP contribution in [0.15, 0.2) is 35.3 Å². The molecule has 0 bridgehead atoms. The topological polar surface area (TPSA) is 64.0 Å². The van der Waals surface area contributed by atoms with Crippen LogP contribution in [0.25, 0.3) is 10.9 Å². The van der Waals surface area contributed by atoms with E-state index in [-0.39, 0.29) is 18.4 Å². The van der Waals surface area contributed by atoms with Crippen LogP contribution in [0.1, 0.15) is 6.42 Å². The zero-order chi connectivity index (χ0) is 15.5. The molecular formula is C13H12F3N3O2. The Kier molecular flexibility index (Phi) is 4.25. The molecule has 0 aliphatic heterocycles. The van der Waals surface area contributed by atoms with Crippen LogP contribution in [-0.2, 0) is 11.3 Å². The molecule has 1 aromatic carbocycles. The van der Waals surface area contributed by atoms with E-state index in [1.165, 1.54) is 4.68 Å². The summed E-state index contributed by atoms with van der Waals surface area (Å²) in [7, 11) is 0. The molecule has 2 aromatic rings. The number of nitrogens with zero attached hydrogens (tertiary/aromatic N) is 2. The van der Waals surface area contributed by atoms with Gasteiger partial charge >= 0.3 is 6.18 Å². The highest BCUT2D eigenvalue weighted by atomic mass is 19.4. The zero-order valence-corrected chi connectivity index (χ0v) is 10.9. The summed E-state index contributed by atoms with van der Waals surface area (Å²) in [5, 5.41) is 6.12. The minimum atomic E-state index is -4.43. The Balaban J connectivity index is 2.06. The molecule has 1 heterocycles. The van der Waals surface area contributed by atoms with Gasteiger partial charge in [0.2, 0.25) is 11.3 Å². The van der Waals surface area contributed by atoms with Crippen molar-refractivity contribution >= 4 is 16.8 Å². The molecule has 0 aliphatic carbocycles. The van der Waals surface area contributed by atoms with Gasteiger partial charge in [0.25, 0.3) is 0 Å². The second-order valence-corrected chi connectivity index (χ2v) is 4.39. The quantitative estimate of drug-likeness (QED) is 0.929. The molecule has 0 unspecified atom stereocenters. The summed E-state index contributed by atoms with van der Waals surface area (Å²) < 4.78 is 37.3. The minimum Gasteiger partial charge on any atom is -0.347 e. The molecule has 8 heteroatoms. The molecule has 21 heavy (non-hydrogen) atoms. The predicted octanol–water partition coefficient (Wildman–Crippen LogP) is 1.47. The van der Waals surface area contributed by atoms with Crippen molar-refractivity contribution < 1.29 is 18.0 Å². The molecule has 0 spiro atoms. The van der Waals surface area contributed by atoms with Crippen molar-refractivity contribution in [2.45, 2.75) is 19.1 Å². The van der Waals surface area contributed by atoms with Gasteiger partial charge in [-0.15, -0.1) is 0 Å². The van der Waals surface area contributed by atoms with Gasteiger partial charge in [-0.1, -0.05) is 12.1 Å². The average molecular weight is 299 g/mol. The lowest BCUT2D eigenvalue weighted by Gasteiger charge is -2.10. The van der Waals surface area contributed by atoms with Crippen LogP contribution in [0.2, 0.25) is 0 Å². The van der Waals surface area contributed by atoms with E-state index in [0.717, 1.165) is 6.20 Å². The summed E-state index contributed by atoms with van der Waals surface area (Å²) in [6, 6.07) is 6.70. The van der Waals surface area contributed by atoms with Crippen molar-refractivity contribution in [3.63, 3.8) is 0 Å². The number of amides is 1. The Morgan fingerprint density at radius 2 is 2.00 bits per heavy atom. The molecule has 0 fully saturated rings. The van der Waals surface area contributed by atoms with E-state index in [4.69, 9.17) is 0 Å². The van der Waals surface area contributed by atoms with Gasteiger partial charge in [-0.2, -0.15) is 18.3 Å². The molecule has 0 atom stereocenters. The summed E-state index contributed by atoms with van der Waals surface area (Å²) in [5.74, 6) is -0.725. The fourth-order valence-electron chi connectivity index (χ4n) is 1.83. The lowest BCUT2D eigenvalue weighted by molar-refractivity contribution is -0.138. The van der Waals surface area contributed by atoms with Crippen molar-refractivity contribution in [1.29, 1.82) is 0 Å². The summed E-state index contributed by atoms with van der Waals surface area (Å²) in [4.78, 5) is 23.0. The third kappa shape index (κ3) is 4.04. The van der Waals surface area contributed by atoms with Gasteiger partial charge in [-0.25, -0.2) is 0 Å². The van der Waals surface area contributed by atoms with Crippen LogP contribution in [0, 0.1) is 0 Å². The Morgan fingerprint density at radius 1 is 1.29 bits per heavy atom. The number of fused-ring (bicyclic) bond motifs is 1. The number of carbonyl (C=O) groups is 1. The van der Waals surface area contributed by atoms with Crippen molar-refractivity contribution in [3.05, 3.63) is 40.7 Å². The van der Waals surface area contributed by atoms with Crippen LogP contribution < -0.4 is 10.7 Å². The average Bonchev–Trinajstić information content (AvgIpc) is 2.44. The fourth-order valence-corrected chi connectivity index (χ4v) is 1.83. The standard InChI is InChI=1S/C13H12F3N3O2/c14-13(15,16)8-17-12(21)5-6-19-10-4-2-1-3-9(10)11(20)7-18-19/h1-4,7H,5-6,8H2,(H,17,21). The number of aryl methyl sites for hydroxylation is 1. The van der Waals surface area contributed by atoms with Gasteiger partial charge in [0.15, 0.2) is 0 Å². The molecular weight excluding hydrogens is 287 g/mol. The molecule has 0 aliphatic rings. The molecule has 1 amide bonds. The van der Waals surface area contributed by atoms with Gasteiger partial charge in [0, 0.05) is 11.8 Å². The smallest absolute Gasteiger partial charge is 0.347 e. The number of carbonyl (C=O) groups excluding carboxylic acids is 1. The summed E-state index contributed by atoms with van der Waals surface area (Å²) in [5.41, 5.74) is 0.289. The van der Waals surface area contributed by atoms with E-state index in [1.54, 1.807) is 29.6 Å². The first kappa shape index (κ1) is 15.0. The highest BCUT2D eigenvalue weighted by Crippen LogP contribution is 2.12. The van der Waals surface area contributed by atoms with Crippen molar-refractivity contribution in [1.82, 2.24) is 15.1 Å². The van der Waals surface area contributed by atoms with Crippen LogP contribution in [0.5, 0.6) is 0 Å². The monoisotopic (exact) mass is 299 g/mol. The van der Waals surface area contributed by atoms with Crippen molar-refractivity contribution in [2.24, 2.45) is 0 Å². The SMILES string of the molecule is O=C(CCn1ncc(=O)c2ccccc21)NCC(F)(F)F. The Bertz CT molecular complexity index is 710. The van der Waals surface area contributed by atoms with Crippen molar-refractivity contribution in [3.8, 4) is 0 Å². The van der Waals surface area contributed by atoms with E-state index in [2.05, 4.69) is 5.10 Å². The molecule has 0 radical (unpaired) electrons.